The van der Waals surface area contributed by atoms with Crippen LogP contribution in [0.1, 0.15) is 213 Å². The molecule has 0 amide bonds. The monoisotopic (exact) mass is 625 g/mol. The minimum Gasteiger partial charge on any atom is -0.462 e. The molecule has 0 radical (unpaired) electrons. The van der Waals surface area contributed by atoms with Gasteiger partial charge >= 0.3 is 11.9 Å². The van der Waals surface area contributed by atoms with Crippen LogP contribution in [0.25, 0.3) is 0 Å². The molecule has 5 nitrogen and oxygen atoms in total. The summed E-state index contributed by atoms with van der Waals surface area (Å²) in [6.07, 6.45) is 35.9. The quantitative estimate of drug-likeness (QED) is 0.0561. The van der Waals surface area contributed by atoms with Crippen molar-refractivity contribution in [3.8, 4) is 0 Å². The predicted molar refractivity (Wildman–Crippen MR) is 187 cm³/mol. The minimum absolute atomic E-state index is 0.0578. The maximum atomic E-state index is 12.1. The number of carbonyl (C=O) groups excluding carboxylic acids is 2. The van der Waals surface area contributed by atoms with Crippen molar-refractivity contribution in [1.82, 2.24) is 0 Å². The second-order valence-electron chi connectivity index (χ2n) is 13.9. The van der Waals surface area contributed by atoms with Gasteiger partial charge in [0.15, 0.2) is 6.10 Å². The van der Waals surface area contributed by atoms with Crippen LogP contribution in [-0.2, 0) is 19.1 Å². The van der Waals surface area contributed by atoms with E-state index >= 15 is 0 Å². The molecular formula is C39H76O5. The Kier molecular flexibility index (Phi) is 33.9. The van der Waals surface area contributed by atoms with E-state index in [4.69, 9.17) is 9.47 Å². The van der Waals surface area contributed by atoms with Gasteiger partial charge in [-0.3, -0.25) is 9.59 Å². The Morgan fingerprint density at radius 2 is 0.841 bits per heavy atom. The van der Waals surface area contributed by atoms with Crippen LogP contribution in [-0.4, -0.2) is 36.4 Å². The molecular weight excluding hydrogens is 548 g/mol. The van der Waals surface area contributed by atoms with E-state index in [-0.39, 0.29) is 25.2 Å². The summed E-state index contributed by atoms with van der Waals surface area (Å²) in [6.45, 7) is 6.51. The molecule has 0 aliphatic rings. The van der Waals surface area contributed by atoms with E-state index < -0.39 is 6.10 Å². The minimum atomic E-state index is -0.761. The smallest absolute Gasteiger partial charge is 0.306 e. The molecule has 0 aromatic rings. The molecule has 0 aromatic carbocycles. The van der Waals surface area contributed by atoms with Gasteiger partial charge in [-0.05, 0) is 18.8 Å². The Morgan fingerprint density at radius 3 is 1.20 bits per heavy atom. The van der Waals surface area contributed by atoms with Crippen LogP contribution >= 0.6 is 0 Å². The first-order valence-electron chi connectivity index (χ1n) is 19.5. The summed E-state index contributed by atoms with van der Waals surface area (Å²) >= 11 is 0. The Hall–Kier alpha value is -1.10. The normalized spacial score (nSPS) is 12.1. The van der Waals surface area contributed by atoms with Gasteiger partial charge < -0.3 is 14.6 Å². The molecule has 0 fully saturated rings. The molecule has 5 heteroatoms. The Balaban J connectivity index is 3.47. The van der Waals surface area contributed by atoms with E-state index in [0.717, 1.165) is 38.0 Å². The first-order chi connectivity index (χ1) is 21.5. The molecule has 1 N–H and O–H groups in total. The van der Waals surface area contributed by atoms with Crippen LogP contribution in [0.2, 0.25) is 0 Å². The number of hydrogen-bond donors (Lipinski definition) is 1. The van der Waals surface area contributed by atoms with Gasteiger partial charge in [0.05, 0.1) is 6.61 Å². The fraction of sp³-hybridized carbons (Fsp3) is 0.949. The Morgan fingerprint density at radius 1 is 0.500 bits per heavy atom. The number of carbonyl (C=O) groups is 2. The van der Waals surface area contributed by atoms with Crippen molar-refractivity contribution >= 4 is 11.9 Å². The van der Waals surface area contributed by atoms with Gasteiger partial charge in [0, 0.05) is 12.8 Å². The SMILES string of the molecule is CCCCCCCCCCCCCC(=O)O[C@@H](CO)COC(=O)CCCCCCCCCCCCCCCCCCC(C)C. The van der Waals surface area contributed by atoms with Crippen molar-refractivity contribution in [1.29, 1.82) is 0 Å². The van der Waals surface area contributed by atoms with Crippen LogP contribution in [0.3, 0.4) is 0 Å². The van der Waals surface area contributed by atoms with Crippen molar-refractivity contribution in [2.75, 3.05) is 13.2 Å². The van der Waals surface area contributed by atoms with Gasteiger partial charge in [-0.1, -0.05) is 188 Å². The molecule has 262 valence electrons. The third kappa shape index (κ3) is 33.8. The van der Waals surface area contributed by atoms with Gasteiger partial charge in [0.2, 0.25) is 0 Å². The van der Waals surface area contributed by atoms with Gasteiger partial charge in [0.25, 0.3) is 0 Å². The van der Waals surface area contributed by atoms with E-state index in [0.29, 0.717) is 12.8 Å². The zero-order valence-corrected chi connectivity index (χ0v) is 29.9. The lowest BCUT2D eigenvalue weighted by molar-refractivity contribution is -0.161. The summed E-state index contributed by atoms with van der Waals surface area (Å²) < 4.78 is 10.6. The summed E-state index contributed by atoms with van der Waals surface area (Å²) in [5.41, 5.74) is 0. The molecule has 1 atom stereocenters. The van der Waals surface area contributed by atoms with Crippen molar-refractivity contribution < 1.29 is 24.2 Å². The number of hydrogen-bond acceptors (Lipinski definition) is 5. The van der Waals surface area contributed by atoms with Crippen LogP contribution in [0.15, 0.2) is 0 Å². The summed E-state index contributed by atoms with van der Waals surface area (Å²) in [5.74, 6) is 0.281. The lowest BCUT2D eigenvalue weighted by Gasteiger charge is -2.15. The fourth-order valence-corrected chi connectivity index (χ4v) is 5.86. The molecule has 44 heavy (non-hydrogen) atoms. The number of esters is 2. The molecule has 0 bridgehead atoms. The van der Waals surface area contributed by atoms with Gasteiger partial charge in [-0.25, -0.2) is 0 Å². The number of aliphatic hydroxyl groups excluding tert-OH is 1. The van der Waals surface area contributed by atoms with Crippen LogP contribution in [0.4, 0.5) is 0 Å². The highest BCUT2D eigenvalue weighted by Gasteiger charge is 2.16. The number of aliphatic hydroxyl groups is 1. The molecule has 0 rings (SSSR count). The molecule has 0 aromatic heterocycles. The molecule has 0 aliphatic carbocycles. The molecule has 0 heterocycles. The maximum absolute atomic E-state index is 12.1. The zero-order chi connectivity index (χ0) is 32.4. The number of ether oxygens (including phenoxy) is 2. The van der Waals surface area contributed by atoms with Gasteiger partial charge in [-0.15, -0.1) is 0 Å². The summed E-state index contributed by atoms with van der Waals surface area (Å²) in [7, 11) is 0. The fourth-order valence-electron chi connectivity index (χ4n) is 5.86. The first kappa shape index (κ1) is 42.9. The zero-order valence-electron chi connectivity index (χ0n) is 29.9. The lowest BCUT2D eigenvalue weighted by Crippen LogP contribution is -2.28. The van der Waals surface area contributed by atoms with Crippen molar-refractivity contribution in [3.05, 3.63) is 0 Å². The van der Waals surface area contributed by atoms with Crippen LogP contribution in [0.5, 0.6) is 0 Å². The summed E-state index contributed by atoms with van der Waals surface area (Å²) in [5, 5.41) is 9.52. The largest absolute Gasteiger partial charge is 0.462 e. The highest BCUT2D eigenvalue weighted by atomic mass is 16.6. The summed E-state index contributed by atoms with van der Waals surface area (Å²) in [6, 6.07) is 0. The lowest BCUT2D eigenvalue weighted by atomic mass is 10.0. The second-order valence-corrected chi connectivity index (χ2v) is 13.9. The highest BCUT2D eigenvalue weighted by Crippen LogP contribution is 2.16. The molecule has 0 saturated heterocycles. The third-order valence-corrected chi connectivity index (χ3v) is 8.83. The van der Waals surface area contributed by atoms with E-state index in [2.05, 4.69) is 20.8 Å². The predicted octanol–water partition coefficient (Wildman–Crippen LogP) is 11.8. The van der Waals surface area contributed by atoms with E-state index in [1.54, 1.807) is 0 Å². The number of rotatable bonds is 35. The third-order valence-electron chi connectivity index (χ3n) is 8.83. The van der Waals surface area contributed by atoms with Crippen molar-refractivity contribution in [3.63, 3.8) is 0 Å². The molecule has 0 aliphatic heterocycles. The standard InChI is InChI=1S/C39H76O5/c1-4-5-6-7-8-9-16-21-24-27-30-33-39(42)44-37(34-40)35-43-38(41)32-29-26-23-20-18-15-13-11-10-12-14-17-19-22-25-28-31-36(2)3/h36-37,40H,4-35H2,1-3H3/t37-/m0/s1. The maximum Gasteiger partial charge on any atom is 0.306 e. The summed E-state index contributed by atoms with van der Waals surface area (Å²) in [4.78, 5) is 24.2. The van der Waals surface area contributed by atoms with Crippen LogP contribution in [0, 0.1) is 5.92 Å². The second kappa shape index (κ2) is 34.8. The highest BCUT2D eigenvalue weighted by molar-refractivity contribution is 5.70. The van der Waals surface area contributed by atoms with E-state index in [1.807, 2.05) is 0 Å². The Bertz CT molecular complexity index is 605. The number of unbranched alkanes of at least 4 members (excludes halogenated alkanes) is 25. The van der Waals surface area contributed by atoms with Crippen LogP contribution < -0.4 is 0 Å². The van der Waals surface area contributed by atoms with Crippen molar-refractivity contribution in [2.45, 2.75) is 219 Å². The van der Waals surface area contributed by atoms with E-state index in [1.165, 1.54) is 148 Å². The molecule has 0 spiro atoms. The molecule has 0 unspecified atom stereocenters. The average molecular weight is 625 g/mol. The Labute approximate surface area is 274 Å². The topological polar surface area (TPSA) is 72.8 Å². The molecule has 0 saturated carbocycles. The van der Waals surface area contributed by atoms with Gasteiger partial charge in [-0.2, -0.15) is 0 Å². The van der Waals surface area contributed by atoms with Gasteiger partial charge in [0.1, 0.15) is 6.61 Å². The van der Waals surface area contributed by atoms with E-state index in [9.17, 15) is 14.7 Å². The average Bonchev–Trinajstić information content (AvgIpc) is 3.01. The first-order valence-corrected chi connectivity index (χ1v) is 19.5. The van der Waals surface area contributed by atoms with Crippen molar-refractivity contribution in [2.24, 2.45) is 5.92 Å².